The first-order valence-electron chi connectivity index (χ1n) is 5.40. The van der Waals surface area contributed by atoms with Crippen LogP contribution in [0.5, 0.6) is 0 Å². The molecule has 0 bridgehead atoms. The lowest BCUT2D eigenvalue weighted by Gasteiger charge is -2.12. The molecule has 0 saturated carbocycles. The lowest BCUT2D eigenvalue weighted by atomic mass is 9.95. The maximum atomic E-state index is 4.52. The second-order valence-electron chi connectivity index (χ2n) is 4.32. The highest BCUT2D eigenvalue weighted by Gasteiger charge is 2.08. The summed E-state index contributed by atoms with van der Waals surface area (Å²) in [5.74, 6) is 0. The molecule has 0 spiro atoms. The summed E-state index contributed by atoms with van der Waals surface area (Å²) in [6, 6.07) is 6.56. The van der Waals surface area contributed by atoms with Gasteiger partial charge in [0.1, 0.15) is 0 Å². The van der Waals surface area contributed by atoms with E-state index in [1.807, 2.05) is 6.08 Å². The van der Waals surface area contributed by atoms with Gasteiger partial charge in [-0.05, 0) is 54.3 Å². The molecule has 2 rings (SSSR count). The van der Waals surface area contributed by atoms with E-state index >= 15 is 0 Å². The summed E-state index contributed by atoms with van der Waals surface area (Å²) in [5, 5.41) is 2.60. The lowest BCUT2D eigenvalue weighted by molar-refractivity contribution is 1.34. The Labute approximate surface area is 102 Å². The van der Waals surface area contributed by atoms with Gasteiger partial charge in [-0.25, -0.2) is 0 Å². The van der Waals surface area contributed by atoms with Gasteiger partial charge < -0.3 is 0 Å². The first-order chi connectivity index (χ1) is 7.54. The fraction of sp³-hybridized carbons (Fsp3) is 0.200. The Hall–Kier alpha value is -1.21. The van der Waals surface area contributed by atoms with E-state index in [4.69, 9.17) is 0 Å². The van der Waals surface area contributed by atoms with E-state index in [1.54, 1.807) is 0 Å². The van der Waals surface area contributed by atoms with Crippen LogP contribution in [0.1, 0.15) is 22.3 Å². The van der Waals surface area contributed by atoms with Crippen molar-refractivity contribution in [3.8, 4) is 0 Å². The highest BCUT2D eigenvalue weighted by molar-refractivity contribution is 7.80. The van der Waals surface area contributed by atoms with E-state index in [0.29, 0.717) is 0 Å². The average Bonchev–Trinajstić information content (AvgIpc) is 2.15. The predicted octanol–water partition coefficient (Wildman–Crippen LogP) is 4.70. The minimum absolute atomic E-state index is 1.00. The predicted molar refractivity (Wildman–Crippen MR) is 75.5 cm³/mol. The molecule has 1 heteroatoms. The smallest absolute Gasteiger partial charge is 0.0121 e. The summed E-state index contributed by atoms with van der Waals surface area (Å²) in [6.07, 6.45) is 1.89. The molecule has 2 aromatic carbocycles. The first-order valence-corrected chi connectivity index (χ1v) is 5.85. The highest BCUT2D eigenvalue weighted by atomic mass is 32.1. The van der Waals surface area contributed by atoms with Crippen LogP contribution in [0.15, 0.2) is 29.7 Å². The number of hydrogen-bond acceptors (Lipinski definition) is 1. The number of hydrogen-bond donors (Lipinski definition) is 1. The molecule has 0 N–H and O–H groups in total. The SMILES string of the molecule is C=Cc1c(S)cc2cc(C)cc(C)c2c1C. The normalized spacial score (nSPS) is 10.8. The molecule has 0 unspecified atom stereocenters. The molecule has 82 valence electrons. The van der Waals surface area contributed by atoms with Gasteiger partial charge in [0, 0.05) is 4.90 Å². The summed E-state index contributed by atoms with van der Waals surface area (Å²) in [4.78, 5) is 1.00. The van der Waals surface area contributed by atoms with Gasteiger partial charge in [0.15, 0.2) is 0 Å². The van der Waals surface area contributed by atoms with Crippen LogP contribution in [-0.4, -0.2) is 0 Å². The highest BCUT2D eigenvalue weighted by Crippen LogP contribution is 2.31. The Balaban J connectivity index is 2.99. The molecule has 16 heavy (non-hydrogen) atoms. The molecule has 0 aromatic heterocycles. The summed E-state index contributed by atoms with van der Waals surface area (Å²) in [5.41, 5.74) is 5.03. The molecular weight excluding hydrogens is 212 g/mol. The zero-order chi connectivity index (χ0) is 11.9. The van der Waals surface area contributed by atoms with Gasteiger partial charge in [-0.15, -0.1) is 12.6 Å². The fourth-order valence-corrected chi connectivity index (χ4v) is 2.83. The molecule has 0 amide bonds. The summed E-state index contributed by atoms with van der Waals surface area (Å²) in [7, 11) is 0. The summed E-state index contributed by atoms with van der Waals surface area (Å²) >= 11 is 4.52. The van der Waals surface area contributed by atoms with E-state index in [-0.39, 0.29) is 0 Å². The Morgan fingerprint density at radius 1 is 1.12 bits per heavy atom. The second-order valence-corrected chi connectivity index (χ2v) is 4.80. The first kappa shape index (κ1) is 11.3. The monoisotopic (exact) mass is 228 g/mol. The van der Waals surface area contributed by atoms with Gasteiger partial charge in [-0.3, -0.25) is 0 Å². The van der Waals surface area contributed by atoms with Crippen LogP contribution in [0.3, 0.4) is 0 Å². The third kappa shape index (κ3) is 1.65. The van der Waals surface area contributed by atoms with Crippen LogP contribution in [0, 0.1) is 20.8 Å². The van der Waals surface area contributed by atoms with Crippen LogP contribution in [0.25, 0.3) is 16.8 Å². The molecule has 0 radical (unpaired) electrons. The third-order valence-corrected chi connectivity index (χ3v) is 3.43. The van der Waals surface area contributed by atoms with E-state index in [2.05, 4.69) is 58.2 Å². The fourth-order valence-electron chi connectivity index (χ4n) is 2.44. The number of rotatable bonds is 1. The average molecular weight is 228 g/mol. The van der Waals surface area contributed by atoms with Crippen molar-refractivity contribution in [3.05, 3.63) is 47.0 Å². The van der Waals surface area contributed by atoms with Crippen LogP contribution < -0.4 is 0 Å². The quantitative estimate of drug-likeness (QED) is 0.672. The van der Waals surface area contributed by atoms with Crippen LogP contribution in [0.4, 0.5) is 0 Å². The molecule has 0 aliphatic carbocycles. The molecule has 0 atom stereocenters. The number of benzene rings is 2. The maximum Gasteiger partial charge on any atom is 0.0121 e. The largest absolute Gasteiger partial charge is 0.143 e. The Morgan fingerprint density at radius 2 is 1.81 bits per heavy atom. The Bertz CT molecular complexity index is 580. The topological polar surface area (TPSA) is 0 Å². The van der Waals surface area contributed by atoms with Crippen molar-refractivity contribution in [2.24, 2.45) is 0 Å². The zero-order valence-corrected chi connectivity index (χ0v) is 10.9. The molecule has 0 fully saturated rings. The number of aryl methyl sites for hydroxylation is 3. The van der Waals surface area contributed by atoms with Gasteiger partial charge in [-0.1, -0.05) is 30.4 Å². The van der Waals surface area contributed by atoms with Crippen LogP contribution in [0.2, 0.25) is 0 Å². The maximum absolute atomic E-state index is 4.52. The number of fused-ring (bicyclic) bond motifs is 1. The van der Waals surface area contributed by atoms with E-state index in [1.165, 1.54) is 27.5 Å². The van der Waals surface area contributed by atoms with Gasteiger partial charge >= 0.3 is 0 Å². The minimum Gasteiger partial charge on any atom is -0.143 e. The molecule has 2 aromatic rings. The van der Waals surface area contributed by atoms with Crippen LogP contribution >= 0.6 is 12.6 Å². The van der Waals surface area contributed by atoms with Crippen LogP contribution in [-0.2, 0) is 0 Å². The van der Waals surface area contributed by atoms with Crippen molar-refractivity contribution in [2.75, 3.05) is 0 Å². The van der Waals surface area contributed by atoms with E-state index in [9.17, 15) is 0 Å². The molecule has 0 aliphatic heterocycles. The van der Waals surface area contributed by atoms with E-state index < -0.39 is 0 Å². The lowest BCUT2D eigenvalue weighted by Crippen LogP contribution is -1.90. The molecule has 0 nitrogen and oxygen atoms in total. The van der Waals surface area contributed by atoms with Crippen molar-refractivity contribution in [1.29, 1.82) is 0 Å². The van der Waals surface area contributed by atoms with Gasteiger partial charge in [0.2, 0.25) is 0 Å². The van der Waals surface area contributed by atoms with Gasteiger partial charge in [0.05, 0.1) is 0 Å². The van der Waals surface area contributed by atoms with Gasteiger partial charge in [-0.2, -0.15) is 0 Å². The van der Waals surface area contributed by atoms with E-state index in [0.717, 1.165) is 10.5 Å². The molecule has 0 heterocycles. The van der Waals surface area contributed by atoms with Crippen molar-refractivity contribution >= 4 is 29.5 Å². The van der Waals surface area contributed by atoms with Gasteiger partial charge in [0.25, 0.3) is 0 Å². The molecule has 0 aliphatic rings. The van der Waals surface area contributed by atoms with Crippen molar-refractivity contribution in [2.45, 2.75) is 25.7 Å². The second kappa shape index (κ2) is 3.99. The van der Waals surface area contributed by atoms with Crippen molar-refractivity contribution in [1.82, 2.24) is 0 Å². The van der Waals surface area contributed by atoms with Crippen molar-refractivity contribution < 1.29 is 0 Å². The summed E-state index contributed by atoms with van der Waals surface area (Å²) < 4.78 is 0. The zero-order valence-electron chi connectivity index (χ0n) is 9.96. The Kier molecular flexibility index (Phi) is 2.81. The Morgan fingerprint density at radius 3 is 2.44 bits per heavy atom. The third-order valence-electron chi connectivity index (χ3n) is 3.06. The molecular formula is C15H16S. The standard InChI is InChI=1S/C15H16S/c1-5-13-11(4)15-10(3)6-9(2)7-12(15)8-14(13)16/h5-8,16H,1H2,2-4H3. The van der Waals surface area contributed by atoms with Crippen molar-refractivity contribution in [3.63, 3.8) is 0 Å². The molecule has 0 saturated heterocycles. The number of thiol groups is 1. The minimum atomic E-state index is 1.00. The summed E-state index contributed by atoms with van der Waals surface area (Å²) in [6.45, 7) is 10.3.